The first-order chi connectivity index (χ1) is 6.09. The van der Waals surface area contributed by atoms with Crippen LogP contribution in [0.4, 0.5) is 0 Å². The quantitative estimate of drug-likeness (QED) is 0.413. The second-order valence-corrected chi connectivity index (χ2v) is 2.94. The molecule has 0 fully saturated rings. The smallest absolute Gasteiger partial charge is 0.157 e. The standard InChI is InChI=1S/C9H7O3Si/c10-7-3-1-6(5-8(7)11)2-4-9(12)13/h1-5,10-11H. The van der Waals surface area contributed by atoms with E-state index in [1.807, 2.05) is 0 Å². The Balaban J connectivity index is 2.92. The third kappa shape index (κ3) is 2.76. The van der Waals surface area contributed by atoms with Gasteiger partial charge in [-0.3, -0.25) is 0 Å². The fourth-order valence-electron chi connectivity index (χ4n) is 0.816. The van der Waals surface area contributed by atoms with Gasteiger partial charge in [-0.05, 0) is 23.8 Å². The summed E-state index contributed by atoms with van der Waals surface area (Å²) in [7, 11) is 2.77. The second-order valence-electron chi connectivity index (χ2n) is 2.45. The van der Waals surface area contributed by atoms with Crippen LogP contribution in [-0.2, 0) is 4.79 Å². The molecule has 0 atom stereocenters. The Morgan fingerprint density at radius 2 is 2.00 bits per heavy atom. The summed E-state index contributed by atoms with van der Waals surface area (Å²) >= 11 is 0. The fourth-order valence-corrected chi connectivity index (χ4v) is 0.899. The molecule has 0 saturated carbocycles. The Kier molecular flexibility index (Phi) is 2.87. The molecule has 1 aromatic rings. The summed E-state index contributed by atoms with van der Waals surface area (Å²) in [6, 6.07) is 4.30. The van der Waals surface area contributed by atoms with Gasteiger partial charge in [0.05, 0.1) is 0 Å². The predicted molar refractivity (Wildman–Crippen MR) is 49.6 cm³/mol. The van der Waals surface area contributed by atoms with Crippen LogP contribution in [0, 0.1) is 0 Å². The number of rotatable bonds is 2. The lowest BCUT2D eigenvalue weighted by molar-refractivity contribution is -0.107. The van der Waals surface area contributed by atoms with Gasteiger partial charge < -0.3 is 15.0 Å². The lowest BCUT2D eigenvalue weighted by Gasteiger charge is -1.97. The van der Waals surface area contributed by atoms with Gasteiger partial charge in [-0.25, -0.2) is 0 Å². The summed E-state index contributed by atoms with van der Waals surface area (Å²) in [6.07, 6.45) is 2.83. The third-order valence-electron chi connectivity index (χ3n) is 1.43. The van der Waals surface area contributed by atoms with E-state index in [2.05, 4.69) is 10.2 Å². The molecule has 0 unspecified atom stereocenters. The molecule has 1 rings (SSSR count). The van der Waals surface area contributed by atoms with Crippen LogP contribution in [0.5, 0.6) is 11.5 Å². The Labute approximate surface area is 78.8 Å². The molecule has 13 heavy (non-hydrogen) atoms. The number of benzene rings is 1. The van der Waals surface area contributed by atoms with E-state index in [0.717, 1.165) is 0 Å². The summed E-state index contributed by atoms with van der Waals surface area (Å²) in [5, 5.41) is 17.8. The molecule has 0 bridgehead atoms. The van der Waals surface area contributed by atoms with Crippen molar-refractivity contribution in [1.82, 2.24) is 0 Å². The average molecular weight is 191 g/mol. The SMILES string of the molecule is O=C([Si])C=Cc1ccc(O)c(O)c1. The molecular formula is C9H7O3Si. The fraction of sp³-hybridized carbons (Fsp3) is 0. The molecular weight excluding hydrogens is 184 g/mol. The molecule has 0 saturated heterocycles. The highest BCUT2D eigenvalue weighted by Gasteiger charge is 1.97. The van der Waals surface area contributed by atoms with E-state index in [4.69, 9.17) is 10.2 Å². The van der Waals surface area contributed by atoms with Crippen LogP contribution in [0.2, 0.25) is 0 Å². The number of allylic oxidation sites excluding steroid dienone is 1. The Bertz CT molecular complexity index is 358. The van der Waals surface area contributed by atoms with Crippen molar-refractivity contribution in [3.05, 3.63) is 29.8 Å². The van der Waals surface area contributed by atoms with Gasteiger partial charge in [-0.2, -0.15) is 0 Å². The predicted octanol–water partition coefficient (Wildman–Crippen LogP) is 0.806. The maximum absolute atomic E-state index is 10.5. The van der Waals surface area contributed by atoms with Crippen molar-refractivity contribution in [1.29, 1.82) is 0 Å². The molecule has 4 heteroatoms. The van der Waals surface area contributed by atoms with Crippen molar-refractivity contribution in [2.45, 2.75) is 0 Å². The first kappa shape index (κ1) is 9.53. The maximum atomic E-state index is 10.5. The molecule has 1 aromatic carbocycles. The molecule has 2 N–H and O–H groups in total. The molecule has 0 aliphatic carbocycles. The number of aromatic hydroxyl groups is 2. The third-order valence-corrected chi connectivity index (χ3v) is 1.59. The summed E-state index contributed by atoms with van der Waals surface area (Å²) in [4.78, 5) is 10.5. The largest absolute Gasteiger partial charge is 0.504 e. The monoisotopic (exact) mass is 191 g/mol. The molecule has 0 amide bonds. The molecule has 65 valence electrons. The lowest BCUT2D eigenvalue weighted by Crippen LogP contribution is -1.87. The molecule has 0 aliphatic heterocycles. The Morgan fingerprint density at radius 1 is 1.31 bits per heavy atom. The van der Waals surface area contributed by atoms with Crippen molar-refractivity contribution < 1.29 is 15.0 Å². The van der Waals surface area contributed by atoms with Crippen LogP contribution >= 0.6 is 0 Å². The first-order valence-corrected chi connectivity index (χ1v) is 4.05. The van der Waals surface area contributed by atoms with E-state index in [-0.39, 0.29) is 16.9 Å². The van der Waals surface area contributed by atoms with E-state index in [9.17, 15) is 4.79 Å². The lowest BCUT2D eigenvalue weighted by atomic mass is 10.2. The Hall–Kier alpha value is -1.55. The molecule has 0 aromatic heterocycles. The van der Waals surface area contributed by atoms with Crippen LogP contribution in [-0.4, -0.2) is 25.9 Å². The van der Waals surface area contributed by atoms with Crippen LogP contribution < -0.4 is 0 Å². The van der Waals surface area contributed by atoms with Gasteiger partial charge in [-0.15, -0.1) is 0 Å². The number of hydrogen-bond donors (Lipinski definition) is 2. The van der Waals surface area contributed by atoms with Gasteiger partial charge in [0.2, 0.25) is 0 Å². The molecule has 3 nitrogen and oxygen atoms in total. The number of phenols is 2. The zero-order valence-corrected chi connectivity index (χ0v) is 7.69. The van der Waals surface area contributed by atoms with Crippen LogP contribution in [0.15, 0.2) is 24.3 Å². The minimum Gasteiger partial charge on any atom is -0.504 e. The number of carbonyl (C=O) groups is 1. The summed E-state index contributed by atoms with van der Waals surface area (Å²) in [6.45, 7) is 0. The van der Waals surface area contributed by atoms with Gasteiger partial charge in [0.25, 0.3) is 0 Å². The van der Waals surface area contributed by atoms with Gasteiger partial charge in [0.1, 0.15) is 15.6 Å². The zero-order chi connectivity index (χ0) is 9.84. The number of phenolic OH excluding ortho intramolecular Hbond substituents is 2. The molecule has 0 spiro atoms. The molecule has 3 radical (unpaired) electrons. The number of carbonyl (C=O) groups excluding carboxylic acids is 1. The normalized spacial score (nSPS) is 10.5. The Morgan fingerprint density at radius 3 is 2.54 bits per heavy atom. The highest BCUT2D eigenvalue weighted by atomic mass is 28.1. The summed E-state index contributed by atoms with van der Waals surface area (Å²) in [5.41, 5.74) is 0.641. The van der Waals surface area contributed by atoms with Gasteiger partial charge in [0.15, 0.2) is 11.5 Å². The van der Waals surface area contributed by atoms with E-state index >= 15 is 0 Å². The second kappa shape index (κ2) is 3.91. The van der Waals surface area contributed by atoms with Crippen molar-refractivity contribution in [2.75, 3.05) is 0 Å². The van der Waals surface area contributed by atoms with Gasteiger partial charge >= 0.3 is 0 Å². The van der Waals surface area contributed by atoms with Crippen LogP contribution in [0.1, 0.15) is 5.56 Å². The van der Waals surface area contributed by atoms with Crippen molar-refractivity contribution >= 4 is 21.7 Å². The van der Waals surface area contributed by atoms with E-state index in [1.54, 1.807) is 6.07 Å². The van der Waals surface area contributed by atoms with Crippen LogP contribution in [0.25, 0.3) is 6.08 Å². The highest BCUT2D eigenvalue weighted by Crippen LogP contribution is 2.25. The van der Waals surface area contributed by atoms with Gasteiger partial charge in [-0.1, -0.05) is 12.1 Å². The minimum absolute atomic E-state index is 0.179. The summed E-state index contributed by atoms with van der Waals surface area (Å²) < 4.78 is 0. The zero-order valence-electron chi connectivity index (χ0n) is 6.69. The molecule has 0 heterocycles. The topological polar surface area (TPSA) is 57.5 Å². The van der Waals surface area contributed by atoms with E-state index in [1.165, 1.54) is 24.3 Å². The number of hydrogen-bond acceptors (Lipinski definition) is 3. The average Bonchev–Trinajstić information content (AvgIpc) is 2.07. The van der Waals surface area contributed by atoms with Crippen molar-refractivity contribution in [3.63, 3.8) is 0 Å². The first-order valence-electron chi connectivity index (χ1n) is 3.55. The summed E-state index contributed by atoms with van der Waals surface area (Å²) in [5.74, 6) is -0.384. The highest BCUT2D eigenvalue weighted by molar-refractivity contribution is 6.61. The minimum atomic E-state index is -0.257. The van der Waals surface area contributed by atoms with Crippen molar-refractivity contribution in [3.8, 4) is 11.5 Å². The van der Waals surface area contributed by atoms with Gasteiger partial charge in [0, 0.05) is 0 Å². The van der Waals surface area contributed by atoms with E-state index < -0.39 is 0 Å². The van der Waals surface area contributed by atoms with Crippen molar-refractivity contribution in [2.24, 2.45) is 0 Å². The van der Waals surface area contributed by atoms with E-state index in [0.29, 0.717) is 5.56 Å². The van der Waals surface area contributed by atoms with Crippen LogP contribution in [0.3, 0.4) is 0 Å². The maximum Gasteiger partial charge on any atom is 0.157 e. The molecule has 0 aliphatic rings.